The van der Waals surface area contributed by atoms with Gasteiger partial charge in [-0.15, -0.1) is 0 Å². The van der Waals surface area contributed by atoms with Crippen LogP contribution in [0.5, 0.6) is 0 Å². The van der Waals surface area contributed by atoms with Gasteiger partial charge in [0.15, 0.2) is 0 Å². The minimum absolute atomic E-state index is 0.0129. The maximum absolute atomic E-state index is 12.5. The Bertz CT molecular complexity index is 990. The van der Waals surface area contributed by atoms with Gasteiger partial charge in [-0.2, -0.15) is 0 Å². The number of ether oxygens (including phenoxy) is 1. The second-order valence-corrected chi connectivity index (χ2v) is 22.1. The van der Waals surface area contributed by atoms with Gasteiger partial charge in [0.2, 0.25) is 5.91 Å². The number of hydrogen-bond acceptors (Lipinski definition) is 5. The summed E-state index contributed by atoms with van der Waals surface area (Å²) >= 11 is 0. The minimum atomic E-state index is -0.664. The molecule has 0 fully saturated rings. The molecule has 0 aliphatic carbocycles. The van der Waals surface area contributed by atoms with Gasteiger partial charge in [-0.05, 0) is 25.7 Å². The summed E-state index contributed by atoms with van der Waals surface area (Å²) in [7, 11) is 0. The molecule has 0 aliphatic rings. The lowest BCUT2D eigenvalue weighted by atomic mass is 10.0. The molecule has 0 saturated carbocycles. The molecule has 0 bridgehead atoms. The molecule has 0 saturated heterocycles. The molecule has 2 unspecified atom stereocenters. The van der Waals surface area contributed by atoms with Crippen molar-refractivity contribution in [2.24, 2.45) is 0 Å². The topological polar surface area (TPSA) is 95.9 Å². The molecule has 1 amide bonds. The summed E-state index contributed by atoms with van der Waals surface area (Å²) in [6.07, 6.45) is 69.7. The molecule has 0 aromatic rings. The monoisotopic (exact) mass is 976 g/mol. The van der Waals surface area contributed by atoms with E-state index in [0.29, 0.717) is 25.9 Å². The number of carbonyl (C=O) groups excluding carboxylic acids is 2. The van der Waals surface area contributed by atoms with Crippen LogP contribution >= 0.6 is 0 Å². The first-order valence-corrected chi connectivity index (χ1v) is 31.8. The van der Waals surface area contributed by atoms with Crippen molar-refractivity contribution in [2.45, 2.75) is 379 Å². The highest BCUT2D eigenvalue weighted by Gasteiger charge is 2.20. The van der Waals surface area contributed by atoms with Crippen molar-refractivity contribution in [3.63, 3.8) is 0 Å². The van der Waals surface area contributed by atoms with Crippen LogP contribution in [0.25, 0.3) is 0 Å². The van der Waals surface area contributed by atoms with Crippen molar-refractivity contribution in [1.29, 1.82) is 0 Å². The molecule has 0 heterocycles. The minimum Gasteiger partial charge on any atom is -0.466 e. The van der Waals surface area contributed by atoms with Gasteiger partial charge in [-0.1, -0.05) is 328 Å². The fraction of sp³-hybridized carbons (Fsp3) is 0.968. The summed E-state index contributed by atoms with van der Waals surface area (Å²) in [5, 5.41) is 23.4. The second-order valence-electron chi connectivity index (χ2n) is 22.1. The van der Waals surface area contributed by atoms with E-state index in [4.69, 9.17) is 4.74 Å². The Morgan fingerprint density at radius 2 is 0.594 bits per heavy atom. The molecule has 6 nitrogen and oxygen atoms in total. The van der Waals surface area contributed by atoms with Crippen molar-refractivity contribution in [1.82, 2.24) is 5.32 Å². The lowest BCUT2D eigenvalue weighted by Crippen LogP contribution is -2.45. The third kappa shape index (κ3) is 56.0. The van der Waals surface area contributed by atoms with E-state index in [1.165, 1.54) is 295 Å². The van der Waals surface area contributed by atoms with Crippen LogP contribution in [0.4, 0.5) is 0 Å². The van der Waals surface area contributed by atoms with E-state index in [0.717, 1.165) is 38.5 Å². The van der Waals surface area contributed by atoms with E-state index >= 15 is 0 Å². The maximum atomic E-state index is 12.5. The third-order valence-electron chi connectivity index (χ3n) is 15.2. The SMILES string of the molecule is CCCCCCCCCCCCCCCCCCCCCCC(O)C(CO)NC(=O)CCCCCCCCCCCCCCCCCCCCCCCOC(=O)CCCCCCCCCCCCC. The summed E-state index contributed by atoms with van der Waals surface area (Å²) in [6, 6.07) is -0.541. The summed E-state index contributed by atoms with van der Waals surface area (Å²) in [5.41, 5.74) is 0. The van der Waals surface area contributed by atoms with E-state index < -0.39 is 12.1 Å². The Kier molecular flexibility index (Phi) is 58.4. The van der Waals surface area contributed by atoms with Crippen LogP contribution in [0.1, 0.15) is 367 Å². The van der Waals surface area contributed by atoms with Crippen LogP contribution in [0.3, 0.4) is 0 Å². The average molecular weight is 977 g/mol. The Labute approximate surface area is 432 Å². The van der Waals surface area contributed by atoms with Gasteiger partial charge in [0.05, 0.1) is 25.4 Å². The highest BCUT2D eigenvalue weighted by Crippen LogP contribution is 2.19. The van der Waals surface area contributed by atoms with Crippen molar-refractivity contribution in [3.8, 4) is 0 Å². The summed E-state index contributed by atoms with van der Waals surface area (Å²) in [4.78, 5) is 24.5. The van der Waals surface area contributed by atoms with E-state index in [2.05, 4.69) is 19.2 Å². The standard InChI is InChI=1S/C63H125NO5/c1-3-5-7-9-11-13-15-16-17-18-19-23-26-29-32-36-39-43-47-51-55-61(66)60(59-65)64-62(67)56-52-48-44-40-37-33-30-27-24-21-20-22-25-28-31-34-38-42-46-50-54-58-69-63(68)57-53-49-45-41-35-14-12-10-8-6-4-2/h60-61,65-66H,3-59H2,1-2H3,(H,64,67). The summed E-state index contributed by atoms with van der Waals surface area (Å²) < 4.78 is 5.47. The first kappa shape index (κ1) is 67.9. The molecule has 0 aromatic heterocycles. The molecular formula is C63H125NO5. The van der Waals surface area contributed by atoms with Crippen LogP contribution in [-0.4, -0.2) is 47.4 Å². The Balaban J connectivity index is 3.38. The molecular weight excluding hydrogens is 851 g/mol. The molecule has 69 heavy (non-hydrogen) atoms. The maximum Gasteiger partial charge on any atom is 0.305 e. The summed E-state index contributed by atoms with van der Waals surface area (Å²) in [5.74, 6) is -0.0185. The van der Waals surface area contributed by atoms with Crippen molar-refractivity contribution >= 4 is 11.9 Å². The van der Waals surface area contributed by atoms with Crippen molar-refractivity contribution < 1.29 is 24.5 Å². The quantitative estimate of drug-likeness (QED) is 0.0417. The van der Waals surface area contributed by atoms with E-state index in [-0.39, 0.29) is 18.5 Å². The van der Waals surface area contributed by atoms with Gasteiger partial charge in [-0.25, -0.2) is 0 Å². The number of esters is 1. The molecule has 0 radical (unpaired) electrons. The lowest BCUT2D eigenvalue weighted by Gasteiger charge is -2.22. The first-order valence-electron chi connectivity index (χ1n) is 31.8. The Morgan fingerprint density at radius 3 is 0.884 bits per heavy atom. The van der Waals surface area contributed by atoms with E-state index in [1.807, 2.05) is 0 Å². The number of hydrogen-bond donors (Lipinski definition) is 3. The van der Waals surface area contributed by atoms with E-state index in [9.17, 15) is 19.8 Å². The number of amides is 1. The fourth-order valence-electron chi connectivity index (χ4n) is 10.3. The normalized spacial score (nSPS) is 12.5. The van der Waals surface area contributed by atoms with Crippen LogP contribution in [-0.2, 0) is 14.3 Å². The van der Waals surface area contributed by atoms with Gasteiger partial charge < -0.3 is 20.3 Å². The number of aliphatic hydroxyl groups excluding tert-OH is 2. The highest BCUT2D eigenvalue weighted by atomic mass is 16.5. The smallest absolute Gasteiger partial charge is 0.305 e. The van der Waals surface area contributed by atoms with Gasteiger partial charge in [0, 0.05) is 12.8 Å². The first-order chi connectivity index (χ1) is 34.0. The molecule has 412 valence electrons. The number of carbonyl (C=O) groups is 2. The largest absolute Gasteiger partial charge is 0.466 e. The van der Waals surface area contributed by atoms with Gasteiger partial charge in [0.1, 0.15) is 0 Å². The van der Waals surface area contributed by atoms with Crippen LogP contribution in [0.15, 0.2) is 0 Å². The van der Waals surface area contributed by atoms with E-state index in [1.54, 1.807) is 0 Å². The molecule has 0 rings (SSSR count). The predicted molar refractivity (Wildman–Crippen MR) is 301 cm³/mol. The number of nitrogens with one attached hydrogen (secondary N) is 1. The van der Waals surface area contributed by atoms with Crippen LogP contribution in [0.2, 0.25) is 0 Å². The number of rotatable bonds is 60. The zero-order chi connectivity index (χ0) is 50.0. The summed E-state index contributed by atoms with van der Waals surface area (Å²) in [6.45, 7) is 4.98. The fourth-order valence-corrected chi connectivity index (χ4v) is 10.3. The molecule has 2 atom stereocenters. The zero-order valence-electron chi connectivity index (χ0n) is 47.1. The van der Waals surface area contributed by atoms with Crippen molar-refractivity contribution in [2.75, 3.05) is 13.2 Å². The molecule has 0 aromatic carbocycles. The highest BCUT2D eigenvalue weighted by molar-refractivity contribution is 5.76. The predicted octanol–water partition coefficient (Wildman–Crippen LogP) is 19.9. The Morgan fingerprint density at radius 1 is 0.348 bits per heavy atom. The van der Waals surface area contributed by atoms with Crippen LogP contribution < -0.4 is 5.32 Å². The van der Waals surface area contributed by atoms with Gasteiger partial charge in [-0.3, -0.25) is 9.59 Å². The number of unbranched alkanes of at least 4 members (excludes halogenated alkanes) is 49. The Hall–Kier alpha value is -1.14. The molecule has 6 heteroatoms. The second kappa shape index (κ2) is 59.4. The van der Waals surface area contributed by atoms with Crippen LogP contribution in [0, 0.1) is 0 Å². The van der Waals surface area contributed by atoms with Gasteiger partial charge >= 0.3 is 5.97 Å². The molecule has 3 N–H and O–H groups in total. The number of aliphatic hydroxyl groups is 2. The zero-order valence-corrected chi connectivity index (χ0v) is 47.1. The van der Waals surface area contributed by atoms with Gasteiger partial charge in [0.25, 0.3) is 0 Å². The molecule has 0 aliphatic heterocycles. The molecule has 0 spiro atoms. The average Bonchev–Trinajstić information content (AvgIpc) is 3.35. The van der Waals surface area contributed by atoms with Crippen molar-refractivity contribution in [3.05, 3.63) is 0 Å². The lowest BCUT2D eigenvalue weighted by molar-refractivity contribution is -0.143. The third-order valence-corrected chi connectivity index (χ3v) is 15.2.